The molecule has 2 rings (SSSR count). The molecule has 2 aliphatic rings. The number of aliphatic hydroxyl groups is 1. The lowest BCUT2D eigenvalue weighted by Gasteiger charge is -2.36. The van der Waals surface area contributed by atoms with E-state index in [1.54, 1.807) is 0 Å². The van der Waals surface area contributed by atoms with Gasteiger partial charge in [0.2, 0.25) is 0 Å². The summed E-state index contributed by atoms with van der Waals surface area (Å²) < 4.78 is 15.6. The standard InChI is InChI=1S/C7H12O4/c8-5-1-6-7(10-2-5)3-9-4-11-6/h5-8H,1-4H2. The van der Waals surface area contributed by atoms with Gasteiger partial charge in [-0.15, -0.1) is 0 Å². The van der Waals surface area contributed by atoms with Crippen LogP contribution in [0.1, 0.15) is 6.42 Å². The normalized spacial score (nSPS) is 45.0. The Morgan fingerprint density at radius 1 is 1.09 bits per heavy atom. The fourth-order valence-electron chi connectivity index (χ4n) is 1.46. The molecule has 2 fully saturated rings. The van der Waals surface area contributed by atoms with Gasteiger partial charge in [-0.2, -0.15) is 0 Å². The highest BCUT2D eigenvalue weighted by Gasteiger charge is 2.33. The zero-order valence-electron chi connectivity index (χ0n) is 6.23. The molecule has 0 aromatic heterocycles. The molecular weight excluding hydrogens is 148 g/mol. The summed E-state index contributed by atoms with van der Waals surface area (Å²) in [5.41, 5.74) is 0. The van der Waals surface area contributed by atoms with Gasteiger partial charge in [0, 0.05) is 6.42 Å². The van der Waals surface area contributed by atoms with Gasteiger partial charge in [0.15, 0.2) is 0 Å². The van der Waals surface area contributed by atoms with Crippen molar-refractivity contribution in [2.75, 3.05) is 20.0 Å². The number of ether oxygens (including phenoxy) is 3. The lowest BCUT2D eigenvalue weighted by molar-refractivity contribution is -0.240. The van der Waals surface area contributed by atoms with Crippen LogP contribution in [0, 0.1) is 0 Å². The summed E-state index contributed by atoms with van der Waals surface area (Å²) in [6.07, 6.45) is 0.377. The maximum Gasteiger partial charge on any atom is 0.147 e. The van der Waals surface area contributed by atoms with Gasteiger partial charge < -0.3 is 19.3 Å². The lowest BCUT2D eigenvalue weighted by atomic mass is 10.0. The quantitative estimate of drug-likeness (QED) is 0.519. The molecule has 0 bridgehead atoms. The van der Waals surface area contributed by atoms with Gasteiger partial charge in [-0.05, 0) is 0 Å². The average Bonchev–Trinajstić information content (AvgIpc) is 2.04. The summed E-state index contributed by atoms with van der Waals surface area (Å²) in [6.45, 7) is 1.34. The van der Waals surface area contributed by atoms with Gasteiger partial charge in [-0.25, -0.2) is 0 Å². The van der Waals surface area contributed by atoms with Crippen LogP contribution in [0.5, 0.6) is 0 Å². The molecular formula is C7H12O4. The molecule has 2 saturated heterocycles. The molecule has 11 heavy (non-hydrogen) atoms. The van der Waals surface area contributed by atoms with E-state index in [0.29, 0.717) is 26.4 Å². The Morgan fingerprint density at radius 3 is 2.91 bits per heavy atom. The Bertz CT molecular complexity index is 138. The van der Waals surface area contributed by atoms with Gasteiger partial charge >= 0.3 is 0 Å². The Labute approximate surface area is 65.1 Å². The molecule has 2 heterocycles. The van der Waals surface area contributed by atoms with Crippen molar-refractivity contribution in [3.05, 3.63) is 0 Å². The molecule has 0 aromatic carbocycles. The van der Waals surface area contributed by atoms with Crippen LogP contribution in [0.4, 0.5) is 0 Å². The van der Waals surface area contributed by atoms with Gasteiger partial charge in [0.05, 0.1) is 25.4 Å². The van der Waals surface area contributed by atoms with E-state index in [0.717, 1.165) is 0 Å². The van der Waals surface area contributed by atoms with Gasteiger partial charge in [0.25, 0.3) is 0 Å². The van der Waals surface area contributed by atoms with Crippen LogP contribution in [0.3, 0.4) is 0 Å². The molecule has 0 radical (unpaired) electrons. The molecule has 64 valence electrons. The van der Waals surface area contributed by atoms with Crippen LogP contribution in [0.2, 0.25) is 0 Å². The van der Waals surface area contributed by atoms with Crippen molar-refractivity contribution in [3.63, 3.8) is 0 Å². The first-order valence-corrected chi connectivity index (χ1v) is 3.85. The minimum Gasteiger partial charge on any atom is -0.391 e. The summed E-state index contributed by atoms with van der Waals surface area (Å²) in [5.74, 6) is 0. The molecule has 4 nitrogen and oxygen atoms in total. The highest BCUT2D eigenvalue weighted by Crippen LogP contribution is 2.20. The predicted octanol–water partition coefficient (Wildman–Crippen LogP) is -0.491. The van der Waals surface area contributed by atoms with E-state index in [1.807, 2.05) is 0 Å². The summed E-state index contributed by atoms with van der Waals surface area (Å²) in [4.78, 5) is 0. The fraction of sp³-hybridized carbons (Fsp3) is 1.00. The minimum absolute atomic E-state index is 0.0344. The number of rotatable bonds is 0. The number of fused-ring (bicyclic) bond motifs is 1. The summed E-state index contributed by atoms with van der Waals surface area (Å²) in [7, 11) is 0. The molecule has 2 aliphatic heterocycles. The van der Waals surface area contributed by atoms with Crippen LogP contribution < -0.4 is 0 Å². The van der Waals surface area contributed by atoms with Crippen molar-refractivity contribution in [2.45, 2.75) is 24.7 Å². The molecule has 3 unspecified atom stereocenters. The van der Waals surface area contributed by atoms with E-state index < -0.39 is 0 Å². The molecule has 0 aromatic rings. The molecule has 0 saturated carbocycles. The predicted molar refractivity (Wildman–Crippen MR) is 36.1 cm³/mol. The Morgan fingerprint density at radius 2 is 2.00 bits per heavy atom. The first-order valence-electron chi connectivity index (χ1n) is 3.85. The third kappa shape index (κ3) is 1.54. The second-order valence-corrected chi connectivity index (χ2v) is 2.96. The smallest absolute Gasteiger partial charge is 0.147 e. The van der Waals surface area contributed by atoms with E-state index in [4.69, 9.17) is 14.2 Å². The van der Waals surface area contributed by atoms with E-state index in [1.165, 1.54) is 0 Å². The second-order valence-electron chi connectivity index (χ2n) is 2.96. The Hall–Kier alpha value is -0.160. The van der Waals surface area contributed by atoms with E-state index in [2.05, 4.69) is 0 Å². The van der Waals surface area contributed by atoms with Crippen molar-refractivity contribution in [2.24, 2.45) is 0 Å². The van der Waals surface area contributed by atoms with Crippen LogP contribution >= 0.6 is 0 Å². The zero-order valence-corrected chi connectivity index (χ0v) is 6.23. The maximum absolute atomic E-state index is 9.20. The molecule has 4 heteroatoms. The zero-order chi connectivity index (χ0) is 7.68. The number of hydrogen-bond acceptors (Lipinski definition) is 4. The van der Waals surface area contributed by atoms with Crippen LogP contribution in [0.15, 0.2) is 0 Å². The second kappa shape index (κ2) is 3.06. The highest BCUT2D eigenvalue weighted by atomic mass is 16.7. The maximum atomic E-state index is 9.20. The van der Waals surface area contributed by atoms with Crippen LogP contribution in [-0.2, 0) is 14.2 Å². The molecule has 1 N–H and O–H groups in total. The van der Waals surface area contributed by atoms with Crippen molar-refractivity contribution in [3.8, 4) is 0 Å². The van der Waals surface area contributed by atoms with Crippen molar-refractivity contribution in [1.82, 2.24) is 0 Å². The van der Waals surface area contributed by atoms with Gasteiger partial charge in [-0.3, -0.25) is 0 Å². The SMILES string of the molecule is OC1COC2COCOC2C1. The van der Waals surface area contributed by atoms with Gasteiger partial charge in [-0.1, -0.05) is 0 Å². The Kier molecular flexibility index (Phi) is 2.09. The summed E-state index contributed by atoms with van der Waals surface area (Å²) in [5, 5.41) is 9.20. The highest BCUT2D eigenvalue weighted by molar-refractivity contribution is 4.80. The first-order chi connectivity index (χ1) is 5.36. The number of hydrogen-bond donors (Lipinski definition) is 1. The molecule has 0 aliphatic carbocycles. The average molecular weight is 160 g/mol. The topological polar surface area (TPSA) is 47.9 Å². The van der Waals surface area contributed by atoms with Crippen molar-refractivity contribution >= 4 is 0 Å². The summed E-state index contributed by atoms with van der Waals surface area (Å²) in [6, 6.07) is 0. The largest absolute Gasteiger partial charge is 0.391 e. The van der Waals surface area contributed by atoms with Crippen molar-refractivity contribution < 1.29 is 19.3 Å². The minimum atomic E-state index is -0.366. The number of aliphatic hydroxyl groups excluding tert-OH is 1. The van der Waals surface area contributed by atoms with Crippen LogP contribution in [0.25, 0.3) is 0 Å². The first kappa shape index (κ1) is 7.49. The molecule has 0 amide bonds. The van der Waals surface area contributed by atoms with Gasteiger partial charge in [0.1, 0.15) is 12.9 Å². The van der Waals surface area contributed by atoms with E-state index in [9.17, 15) is 5.11 Å². The molecule has 0 spiro atoms. The van der Waals surface area contributed by atoms with Crippen LogP contribution in [-0.4, -0.2) is 43.4 Å². The van der Waals surface area contributed by atoms with Crippen molar-refractivity contribution in [1.29, 1.82) is 0 Å². The van der Waals surface area contributed by atoms with E-state index in [-0.39, 0.29) is 18.3 Å². The molecule has 3 atom stereocenters. The van der Waals surface area contributed by atoms with E-state index >= 15 is 0 Å². The third-order valence-electron chi connectivity index (χ3n) is 2.07. The third-order valence-corrected chi connectivity index (χ3v) is 2.07. The Balaban J connectivity index is 1.93. The monoisotopic (exact) mass is 160 g/mol. The lowest BCUT2D eigenvalue weighted by Crippen LogP contribution is -2.48. The fourth-order valence-corrected chi connectivity index (χ4v) is 1.46. The summed E-state index contributed by atoms with van der Waals surface area (Å²) >= 11 is 0.